The number of ether oxygens (including phenoxy) is 1. The third-order valence-electron chi connectivity index (χ3n) is 5.64. The zero-order valence-corrected chi connectivity index (χ0v) is 15.6. The summed E-state index contributed by atoms with van der Waals surface area (Å²) in [6.07, 6.45) is 7.41. The van der Waals surface area contributed by atoms with Gasteiger partial charge in [-0.15, -0.1) is 11.3 Å². The monoisotopic (exact) mass is 372 g/mol. The lowest BCUT2D eigenvalue weighted by Gasteiger charge is -2.42. The zero-order chi connectivity index (χ0) is 16.8. The standard InChI is InChI=1S/C20H21ClN2OS/c21-14-8-9-18-15(11-14)17-12-16(19-7-4-10-25-19)22-23(17)20(24-18)13-5-2-1-3-6-13/h4,7-11,13,17,20H,1-3,5-6,12H2/t17-,20+/m1/s1. The molecule has 0 unspecified atom stereocenters. The predicted molar refractivity (Wildman–Crippen MR) is 102 cm³/mol. The average Bonchev–Trinajstić information content (AvgIpc) is 3.31. The maximum Gasteiger partial charge on any atom is 0.190 e. The van der Waals surface area contributed by atoms with Gasteiger partial charge in [0.2, 0.25) is 0 Å². The number of halogens is 1. The Morgan fingerprint density at radius 1 is 1.16 bits per heavy atom. The summed E-state index contributed by atoms with van der Waals surface area (Å²) in [7, 11) is 0. The van der Waals surface area contributed by atoms with E-state index in [1.807, 2.05) is 12.1 Å². The van der Waals surface area contributed by atoms with Crippen LogP contribution in [0.3, 0.4) is 0 Å². The van der Waals surface area contributed by atoms with Gasteiger partial charge in [0.05, 0.1) is 16.6 Å². The number of rotatable bonds is 2. The molecule has 0 saturated heterocycles. The van der Waals surface area contributed by atoms with Gasteiger partial charge in [-0.1, -0.05) is 36.9 Å². The molecule has 1 saturated carbocycles. The Kier molecular flexibility index (Phi) is 3.98. The van der Waals surface area contributed by atoms with Crippen LogP contribution >= 0.6 is 22.9 Å². The number of benzene rings is 1. The van der Waals surface area contributed by atoms with Crippen molar-refractivity contribution in [3.8, 4) is 5.75 Å². The molecule has 0 radical (unpaired) electrons. The van der Waals surface area contributed by atoms with Gasteiger partial charge in [-0.3, -0.25) is 0 Å². The van der Waals surface area contributed by atoms with E-state index in [4.69, 9.17) is 21.4 Å². The Balaban J connectivity index is 1.55. The highest BCUT2D eigenvalue weighted by Crippen LogP contribution is 2.47. The summed E-state index contributed by atoms with van der Waals surface area (Å²) in [5.74, 6) is 1.55. The minimum absolute atomic E-state index is 0.0523. The van der Waals surface area contributed by atoms with Gasteiger partial charge in [0.15, 0.2) is 6.23 Å². The minimum Gasteiger partial charge on any atom is -0.468 e. The lowest BCUT2D eigenvalue weighted by Crippen LogP contribution is -2.45. The van der Waals surface area contributed by atoms with Crippen LogP contribution in [0.25, 0.3) is 0 Å². The van der Waals surface area contributed by atoms with Gasteiger partial charge in [0, 0.05) is 22.9 Å². The highest BCUT2D eigenvalue weighted by molar-refractivity contribution is 7.12. The summed E-state index contributed by atoms with van der Waals surface area (Å²) in [6, 6.07) is 10.5. The van der Waals surface area contributed by atoms with Crippen molar-refractivity contribution in [2.24, 2.45) is 11.0 Å². The van der Waals surface area contributed by atoms with Crippen molar-refractivity contribution in [2.45, 2.75) is 50.8 Å². The van der Waals surface area contributed by atoms with E-state index in [0.717, 1.165) is 17.2 Å². The Morgan fingerprint density at radius 2 is 2.04 bits per heavy atom. The molecule has 2 atom stereocenters. The molecule has 1 aliphatic carbocycles. The maximum atomic E-state index is 6.47. The van der Waals surface area contributed by atoms with Crippen molar-refractivity contribution >= 4 is 28.6 Å². The molecular formula is C20H21ClN2OS. The van der Waals surface area contributed by atoms with E-state index in [9.17, 15) is 0 Å². The van der Waals surface area contributed by atoms with Crippen LogP contribution in [0.4, 0.5) is 0 Å². The first-order valence-corrected chi connectivity index (χ1v) is 10.4. The van der Waals surface area contributed by atoms with Crippen molar-refractivity contribution in [3.63, 3.8) is 0 Å². The molecular weight excluding hydrogens is 352 g/mol. The SMILES string of the molecule is Clc1ccc2c(c1)[C@H]1CC(c3cccs3)=NN1[C@H](C1CCCCC1)O2. The van der Waals surface area contributed by atoms with Gasteiger partial charge in [-0.25, -0.2) is 5.01 Å². The van der Waals surface area contributed by atoms with Gasteiger partial charge in [0.1, 0.15) is 5.75 Å². The molecule has 1 fully saturated rings. The molecule has 5 heteroatoms. The van der Waals surface area contributed by atoms with Crippen LogP contribution in [0.15, 0.2) is 40.8 Å². The van der Waals surface area contributed by atoms with Crippen molar-refractivity contribution < 1.29 is 4.74 Å². The predicted octanol–water partition coefficient (Wildman–Crippen LogP) is 5.85. The van der Waals surface area contributed by atoms with Gasteiger partial charge in [-0.2, -0.15) is 5.10 Å². The van der Waals surface area contributed by atoms with Crippen molar-refractivity contribution in [1.82, 2.24) is 5.01 Å². The highest BCUT2D eigenvalue weighted by Gasteiger charge is 2.43. The second-order valence-electron chi connectivity index (χ2n) is 7.21. The largest absolute Gasteiger partial charge is 0.468 e. The van der Waals surface area contributed by atoms with Crippen LogP contribution in [0.2, 0.25) is 5.02 Å². The first-order valence-electron chi connectivity index (χ1n) is 9.15. The topological polar surface area (TPSA) is 24.8 Å². The van der Waals surface area contributed by atoms with Crippen molar-refractivity contribution in [2.75, 3.05) is 0 Å². The van der Waals surface area contributed by atoms with E-state index in [2.05, 4.69) is 28.6 Å². The Labute approximate surface area is 157 Å². The third-order valence-corrected chi connectivity index (χ3v) is 6.79. The molecule has 2 aliphatic heterocycles. The molecule has 2 aromatic rings. The van der Waals surface area contributed by atoms with E-state index in [1.54, 1.807) is 11.3 Å². The first-order chi connectivity index (χ1) is 12.3. The van der Waals surface area contributed by atoms with E-state index >= 15 is 0 Å². The second-order valence-corrected chi connectivity index (χ2v) is 8.60. The summed E-state index contributed by atoms with van der Waals surface area (Å²) >= 11 is 8.04. The van der Waals surface area contributed by atoms with Crippen LogP contribution in [-0.4, -0.2) is 16.9 Å². The molecule has 130 valence electrons. The smallest absolute Gasteiger partial charge is 0.190 e. The minimum atomic E-state index is 0.0523. The first kappa shape index (κ1) is 15.7. The summed E-state index contributed by atoms with van der Waals surface area (Å²) < 4.78 is 6.47. The van der Waals surface area contributed by atoms with E-state index in [-0.39, 0.29) is 12.3 Å². The number of hydrazone groups is 1. The molecule has 3 nitrogen and oxygen atoms in total. The molecule has 0 amide bonds. The molecule has 0 spiro atoms. The Bertz CT molecular complexity index is 798. The van der Waals surface area contributed by atoms with Gasteiger partial charge < -0.3 is 4.74 Å². The fourth-order valence-electron chi connectivity index (χ4n) is 4.41. The van der Waals surface area contributed by atoms with Gasteiger partial charge in [0.25, 0.3) is 0 Å². The fourth-order valence-corrected chi connectivity index (χ4v) is 5.31. The van der Waals surface area contributed by atoms with Crippen LogP contribution < -0.4 is 4.74 Å². The quantitative estimate of drug-likeness (QED) is 0.660. The van der Waals surface area contributed by atoms with Crippen molar-refractivity contribution in [1.29, 1.82) is 0 Å². The average molecular weight is 373 g/mol. The Morgan fingerprint density at radius 3 is 2.84 bits per heavy atom. The third kappa shape index (κ3) is 2.76. The number of thiophene rings is 1. The second kappa shape index (κ2) is 6.33. The Hall–Kier alpha value is -1.52. The van der Waals surface area contributed by atoms with E-state index in [1.165, 1.54) is 48.3 Å². The number of hydrogen-bond donors (Lipinski definition) is 0. The molecule has 1 aromatic heterocycles. The van der Waals surface area contributed by atoms with E-state index in [0.29, 0.717) is 5.92 Å². The van der Waals surface area contributed by atoms with E-state index < -0.39 is 0 Å². The highest BCUT2D eigenvalue weighted by atomic mass is 35.5. The summed E-state index contributed by atoms with van der Waals surface area (Å²) in [5.41, 5.74) is 2.35. The van der Waals surface area contributed by atoms with Crippen LogP contribution in [0.1, 0.15) is 55.0 Å². The van der Waals surface area contributed by atoms with Crippen LogP contribution in [-0.2, 0) is 0 Å². The van der Waals surface area contributed by atoms with Crippen LogP contribution in [0, 0.1) is 5.92 Å². The fraction of sp³-hybridized carbons (Fsp3) is 0.450. The molecule has 25 heavy (non-hydrogen) atoms. The van der Waals surface area contributed by atoms with Crippen molar-refractivity contribution in [3.05, 3.63) is 51.2 Å². The molecule has 5 rings (SSSR count). The zero-order valence-electron chi connectivity index (χ0n) is 14.0. The summed E-state index contributed by atoms with van der Waals surface area (Å²) in [5, 5.41) is 10.2. The summed E-state index contributed by atoms with van der Waals surface area (Å²) in [4.78, 5) is 1.26. The lowest BCUT2D eigenvalue weighted by molar-refractivity contribution is -0.0643. The number of hydrogen-bond acceptors (Lipinski definition) is 4. The van der Waals surface area contributed by atoms with Crippen LogP contribution in [0.5, 0.6) is 5.75 Å². The number of nitrogens with zero attached hydrogens (tertiary/aromatic N) is 2. The molecule has 1 aromatic carbocycles. The molecule has 0 N–H and O–H groups in total. The maximum absolute atomic E-state index is 6.47. The molecule has 3 aliphatic rings. The van der Waals surface area contributed by atoms with Gasteiger partial charge in [-0.05, 0) is 42.5 Å². The molecule has 0 bridgehead atoms. The number of fused-ring (bicyclic) bond motifs is 3. The summed E-state index contributed by atoms with van der Waals surface area (Å²) in [6.45, 7) is 0. The van der Waals surface area contributed by atoms with Gasteiger partial charge >= 0.3 is 0 Å². The molecule has 3 heterocycles. The normalized spacial score (nSPS) is 26.0. The lowest BCUT2D eigenvalue weighted by atomic mass is 9.86.